The van der Waals surface area contributed by atoms with Crippen molar-refractivity contribution in [3.8, 4) is 0 Å². The van der Waals surface area contributed by atoms with Gasteiger partial charge in [0.25, 0.3) is 0 Å². The molecule has 13 heavy (non-hydrogen) atoms. The molecule has 1 radical (unpaired) electrons. The maximum Gasteiger partial charge on any atom is 0.384 e. The molecule has 4 nitrogen and oxygen atoms in total. The van der Waals surface area contributed by atoms with Gasteiger partial charge in [-0.3, -0.25) is 0 Å². The number of unbranched alkanes of at least 4 members (excludes halogenated alkanes) is 1. The molecule has 0 saturated heterocycles. The van der Waals surface area contributed by atoms with Crippen LogP contribution in [-0.2, 0) is 8.85 Å². The highest BCUT2D eigenvalue weighted by atomic mass is 28.3. The van der Waals surface area contributed by atoms with E-state index in [0.29, 0.717) is 0 Å². The molecule has 0 amide bonds. The third-order valence-electron chi connectivity index (χ3n) is 1.69. The van der Waals surface area contributed by atoms with Crippen molar-refractivity contribution in [3.05, 3.63) is 0 Å². The highest BCUT2D eigenvalue weighted by Crippen LogP contribution is 2.01. The van der Waals surface area contributed by atoms with E-state index >= 15 is 0 Å². The lowest BCUT2D eigenvalue weighted by Gasteiger charge is -2.08. The monoisotopic (exact) mass is 207 g/mol. The molecule has 0 aromatic carbocycles. The third-order valence-corrected chi connectivity index (χ3v) is 3.36. The van der Waals surface area contributed by atoms with Gasteiger partial charge in [-0.25, -0.2) is 0 Å². The quantitative estimate of drug-likeness (QED) is 0.465. The van der Waals surface area contributed by atoms with Gasteiger partial charge in [0, 0.05) is 14.2 Å². The molecule has 5 heteroatoms. The summed E-state index contributed by atoms with van der Waals surface area (Å²) in [5.74, 6) is 0. The Morgan fingerprint density at radius 2 is 1.77 bits per heavy atom. The highest BCUT2D eigenvalue weighted by Gasteiger charge is 2.09. The maximum atomic E-state index is 5.17. The maximum absolute atomic E-state index is 5.17. The number of rotatable bonds is 8. The zero-order valence-corrected chi connectivity index (χ0v) is 10.1. The Morgan fingerprint density at radius 1 is 1.15 bits per heavy atom. The van der Waals surface area contributed by atoms with Crippen LogP contribution in [0.15, 0.2) is 0 Å². The fourth-order valence-electron chi connectivity index (χ4n) is 0.984. The van der Waals surface area contributed by atoms with Gasteiger partial charge in [0.05, 0.1) is 0 Å². The average Bonchev–Trinajstić information content (AvgIpc) is 2.11. The summed E-state index contributed by atoms with van der Waals surface area (Å²) < 4.78 is 10.3. The van der Waals surface area contributed by atoms with Crippen LogP contribution in [0.3, 0.4) is 0 Å². The van der Waals surface area contributed by atoms with E-state index in [4.69, 9.17) is 8.85 Å². The summed E-state index contributed by atoms with van der Waals surface area (Å²) >= 11 is 0. The van der Waals surface area contributed by atoms with Crippen molar-refractivity contribution in [2.45, 2.75) is 25.8 Å². The Morgan fingerprint density at radius 3 is 2.23 bits per heavy atom. The molecule has 0 heterocycles. The average molecular weight is 207 g/mol. The van der Waals surface area contributed by atoms with Crippen LogP contribution in [0.1, 0.15) is 19.8 Å². The van der Waals surface area contributed by atoms with E-state index in [2.05, 4.69) is 12.2 Å². The zero-order valence-electron chi connectivity index (χ0n) is 9.06. The first-order valence-electron chi connectivity index (χ1n) is 4.49. The Balaban J connectivity index is 0. The van der Waals surface area contributed by atoms with Crippen molar-refractivity contribution in [1.29, 1.82) is 0 Å². The molecule has 0 aliphatic carbocycles. The molecule has 81 valence electrons. The lowest BCUT2D eigenvalue weighted by Crippen LogP contribution is -2.19. The van der Waals surface area contributed by atoms with Crippen LogP contribution in [0.4, 0.5) is 0 Å². The van der Waals surface area contributed by atoms with E-state index in [0.717, 1.165) is 19.1 Å². The second kappa shape index (κ2) is 12.1. The SMILES string of the molecule is CCNCCCC[Si](OC)OC.N. The molecule has 0 rings (SSSR count). The van der Waals surface area contributed by atoms with E-state index in [-0.39, 0.29) is 6.15 Å². The predicted octanol–water partition coefficient (Wildman–Crippen LogP) is 1.32. The summed E-state index contributed by atoms with van der Waals surface area (Å²) in [6.45, 7) is 4.30. The van der Waals surface area contributed by atoms with Crippen molar-refractivity contribution >= 4 is 9.28 Å². The van der Waals surface area contributed by atoms with Gasteiger partial charge in [-0.1, -0.05) is 13.3 Å². The molecule has 0 spiro atoms. The summed E-state index contributed by atoms with van der Waals surface area (Å²) in [5, 5.41) is 3.29. The van der Waals surface area contributed by atoms with Crippen LogP contribution >= 0.6 is 0 Å². The second-order valence-corrected chi connectivity index (χ2v) is 4.65. The van der Waals surface area contributed by atoms with Crippen LogP contribution in [-0.4, -0.2) is 36.6 Å². The molecule has 0 aliphatic heterocycles. The van der Waals surface area contributed by atoms with E-state index in [1.54, 1.807) is 14.2 Å². The molecule has 0 aromatic rings. The van der Waals surface area contributed by atoms with Gasteiger partial charge in [-0.2, -0.15) is 0 Å². The van der Waals surface area contributed by atoms with Gasteiger partial charge in [-0.15, -0.1) is 0 Å². The molecule has 0 bridgehead atoms. The van der Waals surface area contributed by atoms with Gasteiger partial charge in [-0.05, 0) is 25.6 Å². The smallest absolute Gasteiger partial charge is 0.384 e. The van der Waals surface area contributed by atoms with E-state index in [9.17, 15) is 0 Å². The molecule has 0 fully saturated rings. The second-order valence-electron chi connectivity index (χ2n) is 2.59. The normalized spacial score (nSPS) is 10.2. The molecule has 0 atom stereocenters. The summed E-state index contributed by atoms with van der Waals surface area (Å²) in [6, 6.07) is 1.09. The molecule has 4 N–H and O–H groups in total. The van der Waals surface area contributed by atoms with Gasteiger partial charge >= 0.3 is 9.28 Å². The van der Waals surface area contributed by atoms with E-state index in [1.165, 1.54) is 12.8 Å². The summed E-state index contributed by atoms with van der Waals surface area (Å²) in [7, 11) is 2.51. The largest absolute Gasteiger partial charge is 0.397 e. The Labute approximate surface area is 83.4 Å². The molecular formula is C8H23N2O2Si. The Kier molecular flexibility index (Phi) is 14.4. The topological polar surface area (TPSA) is 65.5 Å². The Bertz CT molecular complexity index is 92.2. The lowest BCUT2D eigenvalue weighted by molar-refractivity contribution is 0.276. The minimum atomic E-state index is -0.938. The molecular weight excluding hydrogens is 184 g/mol. The van der Waals surface area contributed by atoms with Crippen LogP contribution < -0.4 is 11.5 Å². The standard InChI is InChI=1S/C8H20NO2Si.H3N/c1-4-9-7-5-6-8-12(10-2)11-3;/h9H,4-8H2,1-3H3;1H3. The number of nitrogens with one attached hydrogen (secondary N) is 1. The zero-order chi connectivity index (χ0) is 9.23. The predicted molar refractivity (Wildman–Crippen MR) is 57.4 cm³/mol. The van der Waals surface area contributed by atoms with Gasteiger partial charge in [0.2, 0.25) is 0 Å². The molecule has 0 aromatic heterocycles. The minimum absolute atomic E-state index is 0. The van der Waals surface area contributed by atoms with Crippen molar-refractivity contribution < 1.29 is 8.85 Å². The summed E-state index contributed by atoms with van der Waals surface area (Å²) in [4.78, 5) is 0. The van der Waals surface area contributed by atoms with Crippen molar-refractivity contribution in [2.24, 2.45) is 0 Å². The fraction of sp³-hybridized carbons (Fsp3) is 1.00. The van der Waals surface area contributed by atoms with E-state index < -0.39 is 9.28 Å². The van der Waals surface area contributed by atoms with Crippen LogP contribution in [0.25, 0.3) is 0 Å². The lowest BCUT2D eigenvalue weighted by atomic mass is 10.3. The fourth-order valence-corrected chi connectivity index (χ4v) is 2.10. The first-order chi connectivity index (χ1) is 5.85. The Hall–Kier alpha value is 0.0569. The molecule has 0 aliphatic rings. The third kappa shape index (κ3) is 9.97. The van der Waals surface area contributed by atoms with Crippen molar-refractivity contribution in [2.75, 3.05) is 27.3 Å². The van der Waals surface area contributed by atoms with Crippen molar-refractivity contribution in [3.63, 3.8) is 0 Å². The van der Waals surface area contributed by atoms with Crippen LogP contribution in [0.5, 0.6) is 0 Å². The first kappa shape index (κ1) is 15.5. The summed E-state index contributed by atoms with van der Waals surface area (Å²) in [6.07, 6.45) is 2.41. The van der Waals surface area contributed by atoms with Gasteiger partial charge in [0.15, 0.2) is 0 Å². The minimum Gasteiger partial charge on any atom is -0.397 e. The number of hydrogen-bond donors (Lipinski definition) is 2. The molecule has 0 unspecified atom stereocenters. The first-order valence-corrected chi connectivity index (χ1v) is 6.02. The van der Waals surface area contributed by atoms with E-state index in [1.807, 2.05) is 0 Å². The molecule has 0 saturated carbocycles. The van der Waals surface area contributed by atoms with Gasteiger partial charge < -0.3 is 20.3 Å². The summed E-state index contributed by atoms with van der Waals surface area (Å²) in [5.41, 5.74) is 0. The van der Waals surface area contributed by atoms with Crippen LogP contribution in [0.2, 0.25) is 6.04 Å². The van der Waals surface area contributed by atoms with Crippen LogP contribution in [0, 0.1) is 0 Å². The number of hydrogen-bond acceptors (Lipinski definition) is 4. The highest BCUT2D eigenvalue weighted by molar-refractivity contribution is 6.44. The van der Waals surface area contributed by atoms with Gasteiger partial charge in [0.1, 0.15) is 0 Å². The van der Waals surface area contributed by atoms with Crippen molar-refractivity contribution in [1.82, 2.24) is 11.5 Å².